The van der Waals surface area contributed by atoms with Crippen LogP contribution in [0.4, 0.5) is 0 Å². The molecule has 2 bridgehead atoms. The number of H-pyrrole nitrogens is 1. The number of aromatic nitrogens is 4. The van der Waals surface area contributed by atoms with Gasteiger partial charge in [-0.2, -0.15) is 0 Å². The fourth-order valence-electron chi connectivity index (χ4n) is 1.29. The number of nitrogens with one attached hydrogen (secondary N) is 1. The summed E-state index contributed by atoms with van der Waals surface area (Å²) >= 11 is 0. The third-order valence-corrected chi connectivity index (χ3v) is 1.79. The number of rotatable bonds is 0. The number of fused-ring (bicyclic) bond motifs is 5. The van der Waals surface area contributed by atoms with Gasteiger partial charge in [0.15, 0.2) is 5.82 Å². The minimum Gasteiger partial charge on any atom is -0.343 e. The summed E-state index contributed by atoms with van der Waals surface area (Å²) in [6.45, 7) is 0. The summed E-state index contributed by atoms with van der Waals surface area (Å²) in [6.07, 6.45) is 5.18. The molecule has 11 heavy (non-hydrogen) atoms. The summed E-state index contributed by atoms with van der Waals surface area (Å²) in [5.74, 6) is 0.845. The second-order valence-electron chi connectivity index (χ2n) is 2.42. The second kappa shape index (κ2) is 1.47. The summed E-state index contributed by atoms with van der Waals surface area (Å²) in [6, 6.07) is 0. The summed E-state index contributed by atoms with van der Waals surface area (Å²) in [5.41, 5.74) is 2.88. The van der Waals surface area contributed by atoms with Crippen LogP contribution in [0.3, 0.4) is 0 Å². The molecule has 0 spiro atoms. The fourth-order valence-corrected chi connectivity index (χ4v) is 1.29. The molecule has 0 aromatic carbocycles. The molecule has 0 fully saturated rings. The predicted molar refractivity (Wildman–Crippen MR) is 38.6 cm³/mol. The van der Waals surface area contributed by atoms with Gasteiger partial charge < -0.3 is 4.98 Å². The fraction of sp³-hybridized carbons (Fsp3) is 0. The lowest BCUT2D eigenvalue weighted by atomic mass is 10.2. The highest BCUT2D eigenvalue weighted by Crippen LogP contribution is 2.33. The SMILES string of the molecule is c1ncc2c(n1)-c1nc-2c[nH]1. The van der Waals surface area contributed by atoms with Gasteiger partial charge in [-0.1, -0.05) is 0 Å². The van der Waals surface area contributed by atoms with Gasteiger partial charge in [-0.15, -0.1) is 0 Å². The number of imidazole rings is 1. The summed E-state index contributed by atoms with van der Waals surface area (Å²) in [4.78, 5) is 15.3. The molecule has 0 atom stereocenters. The highest BCUT2D eigenvalue weighted by molar-refractivity contribution is 5.81. The van der Waals surface area contributed by atoms with Crippen molar-refractivity contribution in [3.8, 4) is 22.8 Å². The van der Waals surface area contributed by atoms with Crippen LogP contribution < -0.4 is 0 Å². The number of aromatic amines is 1. The number of hydrogen-bond donors (Lipinski definition) is 1. The van der Waals surface area contributed by atoms with E-state index in [-0.39, 0.29) is 0 Å². The van der Waals surface area contributed by atoms with Gasteiger partial charge in [0.25, 0.3) is 0 Å². The maximum atomic E-state index is 4.23. The molecular formula is C7H4N4. The van der Waals surface area contributed by atoms with E-state index in [4.69, 9.17) is 0 Å². The van der Waals surface area contributed by atoms with Gasteiger partial charge in [0.1, 0.15) is 12.0 Å². The molecule has 4 nitrogen and oxygen atoms in total. The first-order valence-electron chi connectivity index (χ1n) is 3.31. The molecule has 1 N–H and O–H groups in total. The summed E-state index contributed by atoms with van der Waals surface area (Å²) in [7, 11) is 0. The predicted octanol–water partition coefficient (Wildman–Crippen LogP) is 0.847. The van der Waals surface area contributed by atoms with Gasteiger partial charge in [0.05, 0.1) is 5.69 Å². The van der Waals surface area contributed by atoms with Crippen LogP contribution in [0.25, 0.3) is 22.8 Å². The van der Waals surface area contributed by atoms with Crippen LogP contribution in [0.15, 0.2) is 18.7 Å². The van der Waals surface area contributed by atoms with Crippen LogP contribution in [-0.2, 0) is 0 Å². The monoisotopic (exact) mass is 144 g/mol. The Kier molecular flexibility index (Phi) is 0.671. The molecule has 2 aromatic rings. The summed E-state index contributed by atoms with van der Waals surface area (Å²) < 4.78 is 0. The van der Waals surface area contributed by atoms with E-state index >= 15 is 0 Å². The third-order valence-electron chi connectivity index (χ3n) is 1.79. The lowest BCUT2D eigenvalue weighted by Gasteiger charge is -1.97. The first-order chi connectivity index (χ1) is 5.45. The van der Waals surface area contributed by atoms with E-state index in [0.717, 1.165) is 22.8 Å². The van der Waals surface area contributed by atoms with Crippen molar-refractivity contribution < 1.29 is 0 Å². The third kappa shape index (κ3) is 0.475. The molecule has 3 rings (SSSR count). The lowest BCUT2D eigenvalue weighted by molar-refractivity contribution is 1.16. The van der Waals surface area contributed by atoms with Crippen LogP contribution in [0.2, 0.25) is 0 Å². The quantitative estimate of drug-likeness (QED) is 0.508. The van der Waals surface area contributed by atoms with E-state index in [9.17, 15) is 0 Å². The Labute approximate surface area is 62.4 Å². The maximum Gasteiger partial charge on any atom is 0.157 e. The Morgan fingerprint density at radius 2 is 2.36 bits per heavy atom. The van der Waals surface area contributed by atoms with Crippen molar-refractivity contribution in [3.63, 3.8) is 0 Å². The molecule has 0 saturated carbocycles. The Hall–Kier alpha value is -1.71. The highest BCUT2D eigenvalue weighted by Gasteiger charge is 2.20. The molecule has 0 radical (unpaired) electrons. The lowest BCUT2D eigenvalue weighted by Crippen LogP contribution is -1.87. The summed E-state index contributed by atoms with van der Waals surface area (Å²) in [5, 5.41) is 0. The Morgan fingerprint density at radius 1 is 1.36 bits per heavy atom. The molecule has 4 heteroatoms. The zero-order valence-corrected chi connectivity index (χ0v) is 5.57. The first kappa shape index (κ1) is 5.01. The van der Waals surface area contributed by atoms with E-state index in [1.165, 1.54) is 6.33 Å². The molecule has 0 saturated heterocycles. The van der Waals surface area contributed by atoms with E-state index in [2.05, 4.69) is 19.9 Å². The Balaban J connectivity index is 2.47. The van der Waals surface area contributed by atoms with Crippen molar-refractivity contribution in [2.75, 3.05) is 0 Å². The van der Waals surface area contributed by atoms with Crippen molar-refractivity contribution >= 4 is 0 Å². The second-order valence-corrected chi connectivity index (χ2v) is 2.42. The van der Waals surface area contributed by atoms with Crippen molar-refractivity contribution in [2.24, 2.45) is 0 Å². The van der Waals surface area contributed by atoms with Gasteiger partial charge in [0.2, 0.25) is 0 Å². The molecule has 3 heterocycles. The first-order valence-corrected chi connectivity index (χ1v) is 3.31. The van der Waals surface area contributed by atoms with Crippen LogP contribution in [-0.4, -0.2) is 19.9 Å². The van der Waals surface area contributed by atoms with Gasteiger partial charge >= 0.3 is 0 Å². The van der Waals surface area contributed by atoms with Crippen molar-refractivity contribution in [3.05, 3.63) is 18.7 Å². The zero-order valence-electron chi connectivity index (χ0n) is 5.57. The molecular weight excluding hydrogens is 140 g/mol. The highest BCUT2D eigenvalue weighted by atomic mass is 15.0. The van der Waals surface area contributed by atoms with Crippen LogP contribution in [0.5, 0.6) is 0 Å². The van der Waals surface area contributed by atoms with E-state index < -0.39 is 0 Å². The maximum absolute atomic E-state index is 4.23. The Morgan fingerprint density at radius 3 is 3.27 bits per heavy atom. The molecule has 1 aliphatic heterocycles. The number of pyridine rings is 1. The number of hydrogen-bond acceptors (Lipinski definition) is 3. The molecule has 0 aliphatic carbocycles. The zero-order chi connectivity index (χ0) is 7.26. The standard InChI is InChI=1S/C7H4N4/c1-4-5-2-9-7(11-5)6(4)10-3-8-1/h1-3H,(H,9,11). The molecule has 0 unspecified atom stereocenters. The van der Waals surface area contributed by atoms with E-state index in [1.54, 1.807) is 6.20 Å². The van der Waals surface area contributed by atoms with Gasteiger partial charge in [0, 0.05) is 18.0 Å². The van der Waals surface area contributed by atoms with E-state index in [0.29, 0.717) is 0 Å². The van der Waals surface area contributed by atoms with Crippen molar-refractivity contribution in [1.29, 1.82) is 0 Å². The largest absolute Gasteiger partial charge is 0.343 e. The number of nitrogens with zero attached hydrogens (tertiary/aromatic N) is 3. The minimum atomic E-state index is 0.845. The van der Waals surface area contributed by atoms with Crippen molar-refractivity contribution in [1.82, 2.24) is 19.9 Å². The molecule has 0 amide bonds. The average Bonchev–Trinajstić information content (AvgIpc) is 2.64. The minimum absolute atomic E-state index is 0.845. The smallest absolute Gasteiger partial charge is 0.157 e. The average molecular weight is 144 g/mol. The van der Waals surface area contributed by atoms with Crippen molar-refractivity contribution in [2.45, 2.75) is 0 Å². The molecule has 52 valence electrons. The van der Waals surface area contributed by atoms with Gasteiger partial charge in [-0.3, -0.25) is 0 Å². The van der Waals surface area contributed by atoms with Crippen LogP contribution >= 0.6 is 0 Å². The Bertz CT molecular complexity index is 380. The molecule has 1 aliphatic rings. The van der Waals surface area contributed by atoms with Gasteiger partial charge in [-0.25, -0.2) is 15.0 Å². The normalized spacial score (nSPS) is 11.6. The van der Waals surface area contributed by atoms with Crippen LogP contribution in [0.1, 0.15) is 0 Å². The molecule has 2 aromatic heterocycles. The van der Waals surface area contributed by atoms with Gasteiger partial charge in [-0.05, 0) is 0 Å². The topological polar surface area (TPSA) is 54.5 Å². The van der Waals surface area contributed by atoms with Crippen LogP contribution in [0, 0.1) is 0 Å². The van der Waals surface area contributed by atoms with E-state index in [1.807, 2.05) is 6.20 Å².